The van der Waals surface area contributed by atoms with Crippen molar-refractivity contribution in [3.63, 3.8) is 0 Å². The predicted octanol–water partition coefficient (Wildman–Crippen LogP) is 10.1. The standard InChI is InChI=1S/C41H75NO7/c1-6-8-10-12-14-16-18-20-22-24-26-28-30-32-40(44)49-37(35-47-34-33-38(41(45)46)42(3,4)5)36-48-39(43)31-29-27-25-23-21-19-17-15-13-11-9-7-2/h20,22,26,28,37-38H,6-19,21,23-25,27,29-36H2,1-5H3/p+1/b22-20+,28-26+. The molecule has 0 aliphatic heterocycles. The molecule has 0 amide bonds. The molecule has 0 heterocycles. The maximum atomic E-state index is 12.6. The molecule has 0 fully saturated rings. The van der Waals surface area contributed by atoms with Crippen LogP contribution < -0.4 is 0 Å². The minimum Gasteiger partial charge on any atom is -0.477 e. The normalized spacial score (nSPS) is 13.2. The van der Waals surface area contributed by atoms with Crippen LogP contribution in [0.15, 0.2) is 24.3 Å². The van der Waals surface area contributed by atoms with Crippen LogP contribution in [0.4, 0.5) is 0 Å². The highest BCUT2D eigenvalue weighted by atomic mass is 16.6. The Morgan fingerprint density at radius 3 is 1.65 bits per heavy atom. The van der Waals surface area contributed by atoms with Gasteiger partial charge in [-0.15, -0.1) is 0 Å². The number of quaternary nitrogens is 1. The molecule has 0 saturated carbocycles. The number of esters is 2. The number of hydrogen-bond donors (Lipinski definition) is 1. The highest BCUT2D eigenvalue weighted by Crippen LogP contribution is 2.14. The van der Waals surface area contributed by atoms with Gasteiger partial charge in [0, 0.05) is 19.3 Å². The second kappa shape index (κ2) is 33.0. The molecule has 0 aromatic heterocycles. The first kappa shape index (κ1) is 46.8. The average Bonchev–Trinajstić information content (AvgIpc) is 3.05. The molecule has 2 unspecified atom stereocenters. The Hall–Kier alpha value is -2.19. The van der Waals surface area contributed by atoms with E-state index in [2.05, 4.69) is 32.1 Å². The maximum absolute atomic E-state index is 12.6. The van der Waals surface area contributed by atoms with Gasteiger partial charge in [-0.05, 0) is 32.1 Å². The van der Waals surface area contributed by atoms with Crippen molar-refractivity contribution < 1.29 is 38.2 Å². The van der Waals surface area contributed by atoms with Gasteiger partial charge in [-0.25, -0.2) is 4.79 Å². The van der Waals surface area contributed by atoms with E-state index in [-0.39, 0.29) is 42.7 Å². The van der Waals surface area contributed by atoms with E-state index >= 15 is 0 Å². The van der Waals surface area contributed by atoms with E-state index < -0.39 is 18.1 Å². The zero-order chi connectivity index (χ0) is 36.4. The van der Waals surface area contributed by atoms with Crippen molar-refractivity contribution in [2.24, 2.45) is 0 Å². The van der Waals surface area contributed by atoms with E-state index in [1.165, 1.54) is 96.3 Å². The summed E-state index contributed by atoms with van der Waals surface area (Å²) in [5.41, 5.74) is 0. The minimum atomic E-state index is -0.882. The fourth-order valence-electron chi connectivity index (χ4n) is 5.73. The van der Waals surface area contributed by atoms with Crippen LogP contribution in [0, 0.1) is 0 Å². The molecule has 286 valence electrons. The first-order valence-corrected chi connectivity index (χ1v) is 19.9. The highest BCUT2D eigenvalue weighted by Gasteiger charge is 2.31. The van der Waals surface area contributed by atoms with Gasteiger partial charge in [0.2, 0.25) is 0 Å². The van der Waals surface area contributed by atoms with Gasteiger partial charge in [0.05, 0.1) is 34.4 Å². The summed E-state index contributed by atoms with van der Waals surface area (Å²) in [6.45, 7) is 4.66. The molecule has 0 aliphatic carbocycles. The summed E-state index contributed by atoms with van der Waals surface area (Å²) < 4.78 is 17.1. The summed E-state index contributed by atoms with van der Waals surface area (Å²) in [5, 5.41) is 9.58. The third-order valence-electron chi connectivity index (χ3n) is 8.87. The summed E-state index contributed by atoms with van der Waals surface area (Å²) >= 11 is 0. The van der Waals surface area contributed by atoms with E-state index in [4.69, 9.17) is 14.2 Å². The maximum Gasteiger partial charge on any atom is 0.362 e. The summed E-state index contributed by atoms with van der Waals surface area (Å²) in [5.74, 6) is -1.55. The number of aliphatic carboxylic acids is 1. The van der Waals surface area contributed by atoms with Crippen LogP contribution in [0.1, 0.15) is 168 Å². The van der Waals surface area contributed by atoms with Crippen molar-refractivity contribution >= 4 is 17.9 Å². The van der Waals surface area contributed by atoms with Crippen molar-refractivity contribution in [3.05, 3.63) is 24.3 Å². The molecule has 0 spiro atoms. The molecule has 0 bridgehead atoms. The highest BCUT2D eigenvalue weighted by molar-refractivity contribution is 5.72. The lowest BCUT2D eigenvalue weighted by Crippen LogP contribution is -2.50. The largest absolute Gasteiger partial charge is 0.477 e. The molecule has 0 aromatic carbocycles. The van der Waals surface area contributed by atoms with Crippen LogP contribution in [-0.4, -0.2) is 80.6 Å². The Morgan fingerprint density at radius 1 is 0.612 bits per heavy atom. The predicted molar refractivity (Wildman–Crippen MR) is 202 cm³/mol. The Morgan fingerprint density at radius 2 is 1.12 bits per heavy atom. The number of allylic oxidation sites excluding steroid dienone is 4. The van der Waals surface area contributed by atoms with Gasteiger partial charge in [0.15, 0.2) is 12.1 Å². The first-order valence-electron chi connectivity index (χ1n) is 19.9. The molecule has 0 radical (unpaired) electrons. The molecule has 8 nitrogen and oxygen atoms in total. The number of rotatable bonds is 35. The van der Waals surface area contributed by atoms with Gasteiger partial charge in [-0.2, -0.15) is 0 Å². The van der Waals surface area contributed by atoms with Crippen molar-refractivity contribution in [2.45, 2.75) is 180 Å². The van der Waals surface area contributed by atoms with Crippen molar-refractivity contribution in [1.82, 2.24) is 0 Å². The first-order chi connectivity index (χ1) is 23.6. The van der Waals surface area contributed by atoms with E-state index in [0.29, 0.717) is 19.3 Å². The number of carboxylic acids is 1. The Labute approximate surface area is 301 Å². The van der Waals surface area contributed by atoms with Crippen LogP contribution >= 0.6 is 0 Å². The number of carboxylic acid groups (broad SMARTS) is 1. The Kier molecular flexibility index (Phi) is 31.5. The van der Waals surface area contributed by atoms with E-state index in [9.17, 15) is 19.5 Å². The molecular weight excluding hydrogens is 618 g/mol. The number of carbonyl (C=O) groups excluding carboxylic acids is 2. The van der Waals surface area contributed by atoms with Gasteiger partial charge in [-0.1, -0.05) is 141 Å². The molecular formula is C41H76NO7+. The molecule has 0 rings (SSSR count). The number of likely N-dealkylation sites (N-methyl/N-ethyl adjacent to an activating group) is 1. The smallest absolute Gasteiger partial charge is 0.362 e. The van der Waals surface area contributed by atoms with Gasteiger partial charge in [0.1, 0.15) is 6.61 Å². The third kappa shape index (κ3) is 31.5. The number of hydrogen-bond acceptors (Lipinski definition) is 6. The van der Waals surface area contributed by atoms with Gasteiger partial charge < -0.3 is 23.8 Å². The number of unbranched alkanes of at least 4 members (excludes halogenated alkanes) is 17. The van der Waals surface area contributed by atoms with Gasteiger partial charge >= 0.3 is 17.9 Å². The van der Waals surface area contributed by atoms with Crippen LogP contribution in [0.3, 0.4) is 0 Å². The lowest BCUT2D eigenvalue weighted by atomic mass is 10.0. The minimum absolute atomic E-state index is 0.0420. The van der Waals surface area contributed by atoms with E-state index in [1.54, 1.807) is 0 Å². The summed E-state index contributed by atoms with van der Waals surface area (Å²) in [7, 11) is 5.50. The second-order valence-corrected chi connectivity index (χ2v) is 14.5. The van der Waals surface area contributed by atoms with Crippen LogP contribution in [-0.2, 0) is 28.6 Å². The Balaban J connectivity index is 4.48. The number of carbonyl (C=O) groups is 3. The average molecular weight is 695 g/mol. The zero-order valence-corrected chi connectivity index (χ0v) is 32.4. The fourth-order valence-corrected chi connectivity index (χ4v) is 5.73. The van der Waals surface area contributed by atoms with Gasteiger partial charge in [0.25, 0.3) is 0 Å². The zero-order valence-electron chi connectivity index (χ0n) is 32.4. The summed E-state index contributed by atoms with van der Waals surface area (Å²) in [6.07, 6.45) is 33.7. The lowest BCUT2D eigenvalue weighted by molar-refractivity contribution is -0.887. The van der Waals surface area contributed by atoms with Crippen LogP contribution in [0.25, 0.3) is 0 Å². The fraction of sp³-hybridized carbons (Fsp3) is 0.829. The topological polar surface area (TPSA) is 99.1 Å². The van der Waals surface area contributed by atoms with E-state index in [1.807, 2.05) is 27.2 Å². The van der Waals surface area contributed by atoms with Crippen molar-refractivity contribution in [2.75, 3.05) is 41.0 Å². The molecule has 0 aromatic rings. The van der Waals surface area contributed by atoms with E-state index in [0.717, 1.165) is 32.1 Å². The third-order valence-corrected chi connectivity index (χ3v) is 8.87. The molecule has 8 heteroatoms. The molecule has 49 heavy (non-hydrogen) atoms. The molecule has 1 N–H and O–H groups in total. The molecule has 0 saturated heterocycles. The summed E-state index contributed by atoms with van der Waals surface area (Å²) in [6, 6.07) is -0.619. The monoisotopic (exact) mass is 695 g/mol. The molecule has 0 aliphatic rings. The lowest BCUT2D eigenvalue weighted by Gasteiger charge is -2.31. The van der Waals surface area contributed by atoms with Gasteiger partial charge in [-0.3, -0.25) is 9.59 Å². The Bertz CT molecular complexity index is 864. The molecule has 2 atom stereocenters. The van der Waals surface area contributed by atoms with Crippen molar-refractivity contribution in [1.29, 1.82) is 0 Å². The SMILES string of the molecule is CCCCCCCC/C=C/C/C=C/CCC(=O)OC(COCCC(C(=O)O)[N+](C)(C)C)COC(=O)CCCCCCCCCCCCCC. The number of nitrogens with zero attached hydrogens (tertiary/aromatic N) is 1. The quantitative estimate of drug-likeness (QED) is 0.0305. The van der Waals surface area contributed by atoms with Crippen LogP contribution in [0.5, 0.6) is 0 Å². The van der Waals surface area contributed by atoms with Crippen molar-refractivity contribution in [3.8, 4) is 0 Å². The van der Waals surface area contributed by atoms with Crippen LogP contribution in [0.2, 0.25) is 0 Å². The second-order valence-electron chi connectivity index (χ2n) is 14.5. The summed E-state index contributed by atoms with van der Waals surface area (Å²) in [4.78, 5) is 36.7. The number of ether oxygens (including phenoxy) is 3.